The molecular weight excluding hydrogens is 799 g/mol. The number of hydrogen-bond donors (Lipinski definition) is 10. The van der Waals surface area contributed by atoms with Crippen molar-refractivity contribution in [2.45, 2.75) is 102 Å². The standard InChI is InChI=1S/C45H57N7O10/c1-25(2)18-34(48-40(56)32(46)22-29-24-47-33-13-9-8-12-31(29)33)41(57)49-35(19-26(3)4)42(58)50-36(20-27-10-6-5-7-11-27)43(59)51-37(23-39(54)55)44(60)52-38(45(61)62)21-28-14-16-30(53)17-15-28/h5-17,24-26,32,34-38,47,53H,18-23,46H2,1-4H3,(H,48,56)(H,49,57)(H,50,58)(H,51,59)(H,52,60)(H,54,55)(H,61,62)/t32-,34-,35-,36-,37-,38-/m0/s1. The predicted molar refractivity (Wildman–Crippen MR) is 230 cm³/mol. The Balaban J connectivity index is 1.52. The van der Waals surface area contributed by atoms with E-state index in [1.54, 1.807) is 36.5 Å². The second-order valence-corrected chi connectivity index (χ2v) is 16.2. The molecule has 62 heavy (non-hydrogen) atoms. The average molecular weight is 856 g/mol. The van der Waals surface area contributed by atoms with Gasteiger partial charge in [0.05, 0.1) is 12.5 Å². The van der Waals surface area contributed by atoms with Crippen molar-refractivity contribution < 1.29 is 48.9 Å². The van der Waals surface area contributed by atoms with E-state index in [4.69, 9.17) is 5.73 Å². The fourth-order valence-electron chi connectivity index (χ4n) is 6.91. The van der Waals surface area contributed by atoms with Crippen molar-refractivity contribution >= 4 is 52.4 Å². The van der Waals surface area contributed by atoms with Crippen molar-refractivity contribution in [2.75, 3.05) is 0 Å². The number of nitrogens with one attached hydrogen (secondary N) is 6. The number of carbonyl (C=O) groups excluding carboxylic acids is 5. The molecule has 0 fully saturated rings. The third-order valence-corrected chi connectivity index (χ3v) is 10.0. The molecule has 1 aromatic heterocycles. The molecule has 0 aliphatic carbocycles. The van der Waals surface area contributed by atoms with Gasteiger partial charge in [-0.05, 0) is 66.0 Å². The number of benzene rings is 3. The zero-order chi connectivity index (χ0) is 45.5. The Morgan fingerprint density at radius 2 is 1.03 bits per heavy atom. The van der Waals surface area contributed by atoms with Crippen molar-refractivity contribution in [3.63, 3.8) is 0 Å². The van der Waals surface area contributed by atoms with Gasteiger partial charge in [0.1, 0.15) is 36.0 Å². The number of hydrogen-bond acceptors (Lipinski definition) is 9. The molecule has 4 aromatic rings. The second kappa shape index (κ2) is 22.7. The number of aromatic amines is 1. The van der Waals surface area contributed by atoms with Crippen LogP contribution in [-0.2, 0) is 52.8 Å². The van der Waals surface area contributed by atoms with Crippen molar-refractivity contribution in [3.05, 3.63) is 102 Å². The zero-order valence-electron chi connectivity index (χ0n) is 35.2. The highest BCUT2D eigenvalue weighted by atomic mass is 16.4. The summed E-state index contributed by atoms with van der Waals surface area (Å²) in [5, 5.41) is 42.9. The molecule has 0 saturated carbocycles. The van der Waals surface area contributed by atoms with Crippen LogP contribution in [0.25, 0.3) is 10.9 Å². The Morgan fingerprint density at radius 3 is 1.61 bits per heavy atom. The number of aliphatic carboxylic acids is 2. The fraction of sp³-hybridized carbons (Fsp3) is 0.400. The molecule has 6 atom stereocenters. The number of aromatic hydroxyl groups is 1. The van der Waals surface area contributed by atoms with Gasteiger partial charge in [-0.1, -0.05) is 88.4 Å². The summed E-state index contributed by atoms with van der Waals surface area (Å²) in [6.45, 7) is 7.41. The number of phenols is 1. The summed E-state index contributed by atoms with van der Waals surface area (Å²) in [6.07, 6.45) is 1.08. The van der Waals surface area contributed by atoms with Gasteiger partial charge >= 0.3 is 11.9 Å². The van der Waals surface area contributed by atoms with Crippen LogP contribution < -0.4 is 32.3 Å². The van der Waals surface area contributed by atoms with Crippen LogP contribution in [0.2, 0.25) is 0 Å². The summed E-state index contributed by atoms with van der Waals surface area (Å²) >= 11 is 0. The lowest BCUT2D eigenvalue weighted by molar-refractivity contribution is -0.143. The highest BCUT2D eigenvalue weighted by Gasteiger charge is 2.34. The molecule has 4 rings (SSSR count). The van der Waals surface area contributed by atoms with E-state index in [1.807, 2.05) is 52.0 Å². The first-order valence-corrected chi connectivity index (χ1v) is 20.5. The van der Waals surface area contributed by atoms with Crippen LogP contribution in [-0.4, -0.2) is 98.0 Å². The van der Waals surface area contributed by atoms with Gasteiger partial charge in [-0.15, -0.1) is 0 Å². The van der Waals surface area contributed by atoms with Crippen LogP contribution in [0.1, 0.15) is 63.6 Å². The van der Waals surface area contributed by atoms with Gasteiger partial charge in [0.15, 0.2) is 0 Å². The number of rotatable bonds is 23. The van der Waals surface area contributed by atoms with Gasteiger partial charge in [0, 0.05) is 29.9 Å². The van der Waals surface area contributed by atoms with Crippen molar-refractivity contribution in [3.8, 4) is 5.75 Å². The van der Waals surface area contributed by atoms with Crippen LogP contribution in [0.4, 0.5) is 0 Å². The van der Waals surface area contributed by atoms with Crippen LogP contribution in [0.5, 0.6) is 5.75 Å². The maximum absolute atomic E-state index is 14.1. The summed E-state index contributed by atoms with van der Waals surface area (Å²) in [5.41, 5.74) is 9.11. The Hall–Kier alpha value is -6.75. The molecule has 3 aromatic carbocycles. The van der Waals surface area contributed by atoms with Crippen LogP contribution in [0, 0.1) is 11.8 Å². The number of fused-ring (bicyclic) bond motifs is 1. The molecule has 0 aliphatic rings. The summed E-state index contributed by atoms with van der Waals surface area (Å²) in [5.74, 6) is -7.15. The third-order valence-electron chi connectivity index (χ3n) is 10.0. The summed E-state index contributed by atoms with van der Waals surface area (Å²) < 4.78 is 0. The number of aromatic nitrogens is 1. The lowest BCUT2D eigenvalue weighted by atomic mass is 9.98. The number of amides is 5. The first-order chi connectivity index (χ1) is 29.4. The quantitative estimate of drug-likeness (QED) is 0.0517. The van der Waals surface area contributed by atoms with E-state index in [0.717, 1.165) is 16.5 Å². The molecule has 5 amide bonds. The number of carbonyl (C=O) groups is 7. The highest BCUT2D eigenvalue weighted by molar-refractivity contribution is 5.97. The van der Waals surface area contributed by atoms with Crippen molar-refractivity contribution in [2.24, 2.45) is 17.6 Å². The molecule has 11 N–H and O–H groups in total. The first-order valence-electron chi connectivity index (χ1n) is 20.5. The minimum atomic E-state index is -1.76. The smallest absolute Gasteiger partial charge is 0.326 e. The SMILES string of the molecule is CC(C)C[C@H](NC(=O)[C@H](CC(C)C)NC(=O)[C@@H](N)Cc1c[nH]c2ccccc12)C(=O)N[C@@H](Cc1ccccc1)C(=O)N[C@@H](CC(=O)O)C(=O)N[C@@H](Cc1ccc(O)cc1)C(=O)O. The van der Waals surface area contributed by atoms with Gasteiger partial charge in [0.25, 0.3) is 0 Å². The minimum absolute atomic E-state index is 0.0538. The summed E-state index contributed by atoms with van der Waals surface area (Å²) in [6, 6.07) is 13.8. The second-order valence-electron chi connectivity index (χ2n) is 16.2. The Kier molecular flexibility index (Phi) is 17.6. The number of carboxylic acid groups (broad SMARTS) is 2. The molecule has 332 valence electrons. The Labute approximate surface area is 359 Å². The number of para-hydroxylation sites is 1. The molecule has 0 aliphatic heterocycles. The van der Waals surface area contributed by atoms with Crippen LogP contribution in [0.15, 0.2) is 85.1 Å². The van der Waals surface area contributed by atoms with Crippen molar-refractivity contribution in [1.29, 1.82) is 0 Å². The number of H-pyrrole nitrogens is 1. The van der Waals surface area contributed by atoms with Crippen LogP contribution >= 0.6 is 0 Å². The van der Waals surface area contributed by atoms with Gasteiger partial charge in [-0.2, -0.15) is 0 Å². The van der Waals surface area contributed by atoms with Gasteiger partial charge < -0.3 is 52.6 Å². The monoisotopic (exact) mass is 855 g/mol. The van der Waals surface area contributed by atoms with E-state index >= 15 is 0 Å². The zero-order valence-corrected chi connectivity index (χ0v) is 35.2. The first kappa shape index (κ1) is 47.9. The molecule has 0 radical (unpaired) electrons. The largest absolute Gasteiger partial charge is 0.508 e. The normalized spacial score (nSPS) is 14.2. The summed E-state index contributed by atoms with van der Waals surface area (Å²) in [7, 11) is 0. The number of carboxylic acids is 2. The van der Waals surface area contributed by atoms with E-state index < -0.39 is 84.1 Å². The molecular formula is C45H57N7O10. The third kappa shape index (κ3) is 14.8. The lowest BCUT2D eigenvalue weighted by Gasteiger charge is -2.28. The Morgan fingerprint density at radius 1 is 0.565 bits per heavy atom. The molecule has 17 heteroatoms. The molecule has 0 bridgehead atoms. The highest BCUT2D eigenvalue weighted by Crippen LogP contribution is 2.19. The maximum Gasteiger partial charge on any atom is 0.326 e. The molecule has 1 heterocycles. The number of nitrogens with two attached hydrogens (primary N) is 1. The fourth-order valence-corrected chi connectivity index (χ4v) is 6.91. The van der Waals surface area contributed by atoms with Gasteiger partial charge in [-0.3, -0.25) is 28.8 Å². The Bertz CT molecular complexity index is 2170. The van der Waals surface area contributed by atoms with Crippen LogP contribution in [0.3, 0.4) is 0 Å². The molecule has 0 saturated heterocycles. The van der Waals surface area contributed by atoms with Crippen molar-refractivity contribution in [1.82, 2.24) is 31.6 Å². The topological polar surface area (TPSA) is 282 Å². The summed E-state index contributed by atoms with van der Waals surface area (Å²) in [4.78, 5) is 96.1. The maximum atomic E-state index is 14.1. The number of phenolic OH excluding ortho intramolecular Hbond substituents is 1. The van der Waals surface area contributed by atoms with E-state index in [1.165, 1.54) is 24.3 Å². The lowest BCUT2D eigenvalue weighted by Crippen LogP contribution is -2.60. The minimum Gasteiger partial charge on any atom is -0.508 e. The van der Waals surface area contributed by atoms with Gasteiger partial charge in [0.2, 0.25) is 29.5 Å². The van der Waals surface area contributed by atoms with E-state index in [0.29, 0.717) is 11.1 Å². The van der Waals surface area contributed by atoms with E-state index in [2.05, 4.69) is 31.6 Å². The predicted octanol–water partition coefficient (Wildman–Crippen LogP) is 2.30. The van der Waals surface area contributed by atoms with Gasteiger partial charge in [-0.25, -0.2) is 4.79 Å². The molecule has 0 spiro atoms. The van der Waals surface area contributed by atoms with E-state index in [-0.39, 0.29) is 49.7 Å². The molecule has 0 unspecified atom stereocenters. The average Bonchev–Trinajstić information content (AvgIpc) is 3.62. The molecule has 17 nitrogen and oxygen atoms in total. The van der Waals surface area contributed by atoms with E-state index in [9.17, 15) is 48.9 Å².